The first-order chi connectivity index (χ1) is 19.0. The Bertz CT molecular complexity index is 1500. The molecular formula is C29H30N6O4. The maximum Gasteiger partial charge on any atom is 0.269 e. The van der Waals surface area contributed by atoms with E-state index in [1.54, 1.807) is 30.1 Å². The summed E-state index contributed by atoms with van der Waals surface area (Å²) >= 11 is 0. The van der Waals surface area contributed by atoms with E-state index in [1.807, 2.05) is 24.4 Å². The molecule has 0 saturated carbocycles. The molecule has 2 bridgehead atoms. The van der Waals surface area contributed by atoms with Crippen molar-refractivity contribution in [1.29, 1.82) is 0 Å². The largest absolute Gasteiger partial charge is 0.497 e. The van der Waals surface area contributed by atoms with Crippen molar-refractivity contribution in [3.8, 4) is 11.4 Å². The number of hydrogen-bond acceptors (Lipinski definition) is 8. The Morgan fingerprint density at radius 3 is 2.79 bits per heavy atom. The number of rotatable bonds is 9. The number of benzene rings is 2. The van der Waals surface area contributed by atoms with Crippen LogP contribution in [-0.4, -0.2) is 56.0 Å². The number of piperidine rings is 3. The molecule has 39 heavy (non-hydrogen) atoms. The molecule has 7 rings (SSSR count). The number of pyridine rings is 1. The van der Waals surface area contributed by atoms with Crippen LogP contribution in [0.4, 0.5) is 5.69 Å². The highest BCUT2D eigenvalue weighted by Crippen LogP contribution is 2.44. The van der Waals surface area contributed by atoms with E-state index in [2.05, 4.69) is 38.9 Å². The Labute approximate surface area is 226 Å². The van der Waals surface area contributed by atoms with E-state index < -0.39 is 4.92 Å². The molecule has 0 N–H and O–H groups in total. The molecule has 0 spiro atoms. The Kier molecular flexibility index (Phi) is 6.80. The zero-order valence-electron chi connectivity index (χ0n) is 21.7. The SMILES string of the molecule is C=C[C@H]1CN2CC[C@H]1C[C@@H]2[C@H](OCc1cn(-c2ccc([N+](=O)[O-])cc2)nn1)c1ccnc2ccc(OC)cc12. The average Bonchev–Trinajstić information content (AvgIpc) is 3.46. The first-order valence-corrected chi connectivity index (χ1v) is 13.1. The van der Waals surface area contributed by atoms with E-state index in [9.17, 15) is 10.1 Å². The zero-order chi connectivity index (χ0) is 26.9. The molecule has 3 saturated heterocycles. The van der Waals surface area contributed by atoms with Gasteiger partial charge in [0, 0.05) is 36.3 Å². The topological polar surface area (TPSA) is 108 Å². The Hall–Kier alpha value is -4.15. The van der Waals surface area contributed by atoms with Gasteiger partial charge in [0.15, 0.2) is 0 Å². The van der Waals surface area contributed by atoms with E-state index in [0.29, 0.717) is 23.2 Å². The Morgan fingerprint density at radius 1 is 1.23 bits per heavy atom. The summed E-state index contributed by atoms with van der Waals surface area (Å²) in [5, 5.41) is 20.5. The minimum atomic E-state index is -0.422. The quantitative estimate of drug-likeness (QED) is 0.172. The number of non-ortho nitro benzene ring substituents is 1. The molecule has 0 radical (unpaired) electrons. The lowest BCUT2D eigenvalue weighted by Gasteiger charge is -2.51. The zero-order valence-corrected chi connectivity index (χ0v) is 21.7. The second-order valence-electron chi connectivity index (χ2n) is 10.2. The van der Waals surface area contributed by atoms with Crippen LogP contribution in [0.25, 0.3) is 16.6 Å². The van der Waals surface area contributed by atoms with Crippen molar-refractivity contribution < 1.29 is 14.4 Å². The summed E-state index contributed by atoms with van der Waals surface area (Å²) in [6.07, 6.45) is 7.74. The van der Waals surface area contributed by atoms with Gasteiger partial charge in [-0.2, -0.15) is 0 Å². The summed E-state index contributed by atoms with van der Waals surface area (Å²) in [7, 11) is 1.67. The third kappa shape index (κ3) is 4.88. The fourth-order valence-electron chi connectivity index (χ4n) is 6.01. The van der Waals surface area contributed by atoms with Gasteiger partial charge in [-0.25, -0.2) is 4.68 Å². The van der Waals surface area contributed by atoms with Gasteiger partial charge in [-0.3, -0.25) is 20.0 Å². The van der Waals surface area contributed by atoms with Crippen molar-refractivity contribution in [2.24, 2.45) is 11.8 Å². The summed E-state index contributed by atoms with van der Waals surface area (Å²) in [5.41, 5.74) is 3.37. The summed E-state index contributed by atoms with van der Waals surface area (Å²) in [5.74, 6) is 1.87. The normalized spacial score (nSPS) is 23.0. The molecular weight excluding hydrogens is 496 g/mol. The van der Waals surface area contributed by atoms with Gasteiger partial charge >= 0.3 is 0 Å². The maximum absolute atomic E-state index is 11.0. The van der Waals surface area contributed by atoms with Crippen LogP contribution < -0.4 is 4.74 Å². The number of ether oxygens (including phenoxy) is 2. The van der Waals surface area contributed by atoms with Crippen LogP contribution in [0, 0.1) is 22.0 Å². The van der Waals surface area contributed by atoms with Crippen LogP contribution in [0.5, 0.6) is 5.75 Å². The summed E-state index contributed by atoms with van der Waals surface area (Å²) in [6.45, 7) is 6.38. The molecule has 1 unspecified atom stereocenters. The van der Waals surface area contributed by atoms with Crippen molar-refractivity contribution in [2.75, 3.05) is 20.2 Å². The number of fused-ring (bicyclic) bond motifs is 4. The van der Waals surface area contributed by atoms with Gasteiger partial charge in [0.25, 0.3) is 5.69 Å². The lowest BCUT2D eigenvalue weighted by Crippen LogP contribution is -2.55. The van der Waals surface area contributed by atoms with Crippen molar-refractivity contribution in [2.45, 2.75) is 31.6 Å². The molecule has 2 aromatic heterocycles. The molecule has 5 atom stereocenters. The minimum Gasteiger partial charge on any atom is -0.497 e. The van der Waals surface area contributed by atoms with Crippen LogP contribution in [0.3, 0.4) is 0 Å². The third-order valence-electron chi connectivity index (χ3n) is 8.07. The van der Waals surface area contributed by atoms with Crippen LogP contribution in [-0.2, 0) is 11.3 Å². The second kappa shape index (κ2) is 10.5. The number of aromatic nitrogens is 4. The molecule has 3 aliphatic rings. The minimum absolute atomic E-state index is 0.0296. The van der Waals surface area contributed by atoms with Gasteiger partial charge in [-0.15, -0.1) is 11.7 Å². The van der Waals surface area contributed by atoms with Gasteiger partial charge in [0.1, 0.15) is 11.4 Å². The van der Waals surface area contributed by atoms with E-state index in [1.165, 1.54) is 18.6 Å². The molecule has 0 aliphatic carbocycles. The van der Waals surface area contributed by atoms with Gasteiger partial charge in [-0.1, -0.05) is 11.3 Å². The predicted octanol–water partition coefficient (Wildman–Crippen LogP) is 4.89. The number of hydrogen-bond donors (Lipinski definition) is 0. The fourth-order valence-corrected chi connectivity index (χ4v) is 6.01. The van der Waals surface area contributed by atoms with Gasteiger partial charge in [0.05, 0.1) is 42.1 Å². The van der Waals surface area contributed by atoms with Crippen LogP contribution >= 0.6 is 0 Å². The molecule has 10 nitrogen and oxygen atoms in total. The molecule has 0 amide bonds. The fraction of sp³-hybridized carbons (Fsp3) is 0.345. The predicted molar refractivity (Wildman–Crippen MR) is 146 cm³/mol. The average molecular weight is 527 g/mol. The highest BCUT2D eigenvalue weighted by Gasteiger charge is 2.43. The second-order valence-corrected chi connectivity index (χ2v) is 10.2. The van der Waals surface area contributed by atoms with Crippen LogP contribution in [0.15, 0.2) is 73.6 Å². The van der Waals surface area contributed by atoms with Crippen LogP contribution in [0.1, 0.15) is 30.2 Å². The van der Waals surface area contributed by atoms with Crippen molar-refractivity contribution in [3.05, 3.63) is 95.0 Å². The number of nitro groups is 1. The highest BCUT2D eigenvalue weighted by atomic mass is 16.6. The Morgan fingerprint density at radius 2 is 2.08 bits per heavy atom. The molecule has 200 valence electrons. The van der Waals surface area contributed by atoms with E-state index in [0.717, 1.165) is 41.7 Å². The smallest absolute Gasteiger partial charge is 0.269 e. The summed E-state index contributed by atoms with van der Waals surface area (Å²) < 4.78 is 13.8. The van der Waals surface area contributed by atoms with Gasteiger partial charge < -0.3 is 9.47 Å². The van der Waals surface area contributed by atoms with Crippen molar-refractivity contribution >= 4 is 16.6 Å². The molecule has 3 fully saturated rings. The van der Waals surface area contributed by atoms with Gasteiger partial charge in [-0.05, 0) is 73.2 Å². The number of methoxy groups -OCH3 is 1. The third-order valence-corrected chi connectivity index (χ3v) is 8.07. The van der Waals surface area contributed by atoms with Gasteiger partial charge in [0.2, 0.25) is 0 Å². The molecule has 10 heteroatoms. The molecule has 4 aromatic rings. The summed E-state index contributed by atoms with van der Waals surface area (Å²) in [4.78, 5) is 17.7. The monoisotopic (exact) mass is 526 g/mol. The Balaban J connectivity index is 1.30. The highest BCUT2D eigenvalue weighted by molar-refractivity contribution is 5.84. The first kappa shape index (κ1) is 25.1. The van der Waals surface area contributed by atoms with Crippen molar-refractivity contribution in [1.82, 2.24) is 24.9 Å². The first-order valence-electron chi connectivity index (χ1n) is 13.1. The molecule has 5 heterocycles. The molecule has 2 aromatic carbocycles. The standard InChI is InChI=1S/C29H30N6O4/c1-3-19-16-33-13-11-20(19)14-28(33)29(25-10-12-30-27-9-8-24(38-2)15-26(25)27)39-18-21-17-34(32-31-21)22-4-6-23(7-5-22)35(36)37/h3-10,12,15,17,19-20,28-29H,1,11,13-14,16,18H2,2H3/t19-,20-,28+,29+/m0/s1. The molecule has 3 aliphatic heterocycles. The number of nitrogens with zero attached hydrogens (tertiary/aromatic N) is 6. The maximum atomic E-state index is 11.0. The number of nitro benzene ring substituents is 1. The van der Waals surface area contributed by atoms with E-state index >= 15 is 0 Å². The van der Waals surface area contributed by atoms with Crippen molar-refractivity contribution in [3.63, 3.8) is 0 Å². The lowest BCUT2D eigenvalue weighted by molar-refractivity contribution is -0.384. The summed E-state index contributed by atoms with van der Waals surface area (Å²) in [6, 6.07) is 14.4. The van der Waals surface area contributed by atoms with Crippen LogP contribution in [0.2, 0.25) is 0 Å². The van der Waals surface area contributed by atoms with E-state index in [4.69, 9.17) is 9.47 Å². The van der Waals surface area contributed by atoms with E-state index in [-0.39, 0.29) is 24.4 Å². The lowest BCUT2D eigenvalue weighted by atomic mass is 9.73.